The summed E-state index contributed by atoms with van der Waals surface area (Å²) in [6.07, 6.45) is 0. The van der Waals surface area contributed by atoms with Crippen LogP contribution in [0, 0.1) is 17.0 Å². The second kappa shape index (κ2) is 8.40. The van der Waals surface area contributed by atoms with Crippen LogP contribution in [0.1, 0.15) is 16.2 Å². The number of benzene rings is 2. The highest BCUT2D eigenvalue weighted by atomic mass is 79.9. The Morgan fingerprint density at radius 2 is 2.00 bits per heavy atom. The van der Waals surface area contributed by atoms with Crippen LogP contribution in [0.15, 0.2) is 40.9 Å². The molecule has 1 heterocycles. The summed E-state index contributed by atoms with van der Waals surface area (Å²) in [5.74, 6) is -0.103. The second-order valence-electron chi connectivity index (χ2n) is 5.98. The van der Waals surface area contributed by atoms with Crippen LogP contribution in [0.4, 0.5) is 11.4 Å². The van der Waals surface area contributed by atoms with E-state index in [1.165, 1.54) is 35.0 Å². The number of nitrogens with zero attached hydrogens (tertiary/aromatic N) is 3. The van der Waals surface area contributed by atoms with Crippen molar-refractivity contribution in [1.29, 1.82) is 0 Å². The number of carbonyl (C=O) groups excluding carboxylic acids is 1. The third-order valence-electron chi connectivity index (χ3n) is 3.85. The summed E-state index contributed by atoms with van der Waals surface area (Å²) in [5.41, 5.74) is 0.827. The summed E-state index contributed by atoms with van der Waals surface area (Å²) in [6.45, 7) is 1.75. The van der Waals surface area contributed by atoms with Crippen LogP contribution in [0.3, 0.4) is 0 Å². The van der Waals surface area contributed by atoms with E-state index in [9.17, 15) is 14.9 Å². The lowest BCUT2D eigenvalue weighted by molar-refractivity contribution is -0.384. The number of hydrogen-bond acceptors (Lipinski definition) is 5. The fourth-order valence-electron chi connectivity index (χ4n) is 2.57. The zero-order valence-electron chi connectivity index (χ0n) is 15.1. The topological polar surface area (TPSA) is 99.3 Å². The first kappa shape index (κ1) is 21.1. The molecule has 0 aliphatic rings. The number of nitro groups is 1. The number of ether oxygens (including phenoxy) is 1. The van der Waals surface area contributed by atoms with Gasteiger partial charge in [0.1, 0.15) is 17.2 Å². The first-order chi connectivity index (χ1) is 13.7. The maximum absolute atomic E-state index is 12.7. The first-order valence-corrected chi connectivity index (χ1v) is 9.63. The molecular weight excluding hydrogens is 487 g/mol. The Morgan fingerprint density at radius 3 is 2.59 bits per heavy atom. The van der Waals surface area contributed by atoms with Gasteiger partial charge in [0.2, 0.25) is 0 Å². The van der Waals surface area contributed by atoms with Crippen molar-refractivity contribution >= 4 is 56.4 Å². The number of amides is 1. The largest absolute Gasteiger partial charge is 0.455 e. The summed E-state index contributed by atoms with van der Waals surface area (Å²) in [7, 11) is 1.62. The number of nitrogens with one attached hydrogen (secondary N) is 1. The number of rotatable bonds is 5. The molecule has 0 aliphatic carbocycles. The molecule has 0 radical (unpaired) electrons. The van der Waals surface area contributed by atoms with E-state index >= 15 is 0 Å². The molecule has 1 amide bonds. The molecule has 0 saturated carbocycles. The van der Waals surface area contributed by atoms with Crippen molar-refractivity contribution in [1.82, 2.24) is 9.78 Å². The molecule has 8 nitrogen and oxygen atoms in total. The molecule has 11 heteroatoms. The van der Waals surface area contributed by atoms with Crippen LogP contribution < -0.4 is 10.1 Å². The van der Waals surface area contributed by atoms with Gasteiger partial charge in [0.15, 0.2) is 0 Å². The lowest BCUT2D eigenvalue weighted by Gasteiger charge is -2.11. The quantitative estimate of drug-likeness (QED) is 0.356. The van der Waals surface area contributed by atoms with E-state index in [1.54, 1.807) is 20.0 Å². The fraction of sp³-hybridized carbons (Fsp3) is 0.111. The summed E-state index contributed by atoms with van der Waals surface area (Å²) in [6, 6.07) is 8.51. The smallest absolute Gasteiger partial charge is 0.275 e. The van der Waals surface area contributed by atoms with Gasteiger partial charge in [0.05, 0.1) is 31.9 Å². The summed E-state index contributed by atoms with van der Waals surface area (Å²) < 4.78 is 7.61. The average Bonchev–Trinajstić information content (AvgIpc) is 2.89. The molecule has 0 atom stereocenters. The molecule has 0 aliphatic heterocycles. The van der Waals surface area contributed by atoms with Gasteiger partial charge in [0.25, 0.3) is 11.6 Å². The molecule has 150 valence electrons. The minimum Gasteiger partial charge on any atom is -0.455 e. The average molecular weight is 500 g/mol. The second-order valence-corrected chi connectivity index (χ2v) is 7.61. The van der Waals surface area contributed by atoms with Crippen LogP contribution >= 0.6 is 39.1 Å². The minimum atomic E-state index is -0.587. The normalized spacial score (nSPS) is 10.7. The van der Waals surface area contributed by atoms with Gasteiger partial charge in [-0.05, 0) is 41.1 Å². The molecular formula is C18H13BrCl2N4O4. The van der Waals surface area contributed by atoms with Gasteiger partial charge < -0.3 is 10.1 Å². The predicted octanol–water partition coefficient (Wildman–Crippen LogP) is 5.75. The Hall–Kier alpha value is -2.62. The number of halogens is 3. The Kier molecular flexibility index (Phi) is 6.11. The summed E-state index contributed by atoms with van der Waals surface area (Å²) in [5, 5.41) is 18.8. The molecule has 3 rings (SSSR count). The monoisotopic (exact) mass is 498 g/mol. The van der Waals surface area contributed by atoms with Crippen molar-refractivity contribution in [2.45, 2.75) is 6.92 Å². The third-order valence-corrected chi connectivity index (χ3v) is 5.33. The highest BCUT2D eigenvalue weighted by Gasteiger charge is 2.20. The predicted molar refractivity (Wildman–Crippen MR) is 113 cm³/mol. The Morgan fingerprint density at radius 1 is 1.28 bits per heavy atom. The highest BCUT2D eigenvalue weighted by molar-refractivity contribution is 9.10. The van der Waals surface area contributed by atoms with E-state index in [-0.39, 0.29) is 33.6 Å². The van der Waals surface area contributed by atoms with Gasteiger partial charge in [-0.3, -0.25) is 19.6 Å². The molecule has 2 aromatic carbocycles. The van der Waals surface area contributed by atoms with Crippen LogP contribution in [0.25, 0.3) is 0 Å². The highest BCUT2D eigenvalue weighted by Crippen LogP contribution is 2.35. The zero-order chi connectivity index (χ0) is 21.3. The molecule has 0 bridgehead atoms. The lowest BCUT2D eigenvalue weighted by Crippen LogP contribution is -2.16. The van der Waals surface area contributed by atoms with E-state index in [0.29, 0.717) is 15.2 Å². The van der Waals surface area contributed by atoms with Crippen molar-refractivity contribution < 1.29 is 14.5 Å². The van der Waals surface area contributed by atoms with Crippen molar-refractivity contribution in [3.05, 3.63) is 72.4 Å². The van der Waals surface area contributed by atoms with Crippen molar-refractivity contribution in [3.63, 3.8) is 0 Å². The maximum atomic E-state index is 12.7. The van der Waals surface area contributed by atoms with Gasteiger partial charge in [-0.1, -0.05) is 23.2 Å². The maximum Gasteiger partial charge on any atom is 0.275 e. The lowest BCUT2D eigenvalue weighted by atomic mass is 10.2. The minimum absolute atomic E-state index is 0.124. The van der Waals surface area contributed by atoms with Gasteiger partial charge in [-0.15, -0.1) is 0 Å². The van der Waals surface area contributed by atoms with E-state index in [0.717, 1.165) is 0 Å². The molecule has 3 aromatic rings. The van der Waals surface area contributed by atoms with E-state index in [1.807, 2.05) is 0 Å². The Bertz CT molecular complexity index is 1130. The van der Waals surface area contributed by atoms with Crippen molar-refractivity contribution in [2.24, 2.45) is 7.05 Å². The van der Waals surface area contributed by atoms with Crippen molar-refractivity contribution in [2.75, 3.05) is 5.32 Å². The van der Waals surface area contributed by atoms with E-state index < -0.39 is 10.8 Å². The number of anilines is 1. The first-order valence-electron chi connectivity index (χ1n) is 8.08. The SMILES string of the molecule is Cc1nn(C)c(C(=O)Nc2cc(Oc3ccc(Cl)cc3Cl)cc([N+](=O)[O-])c2)c1Br. The Labute approximate surface area is 183 Å². The molecule has 1 N–H and O–H groups in total. The van der Waals surface area contributed by atoms with Gasteiger partial charge in [-0.25, -0.2) is 0 Å². The van der Waals surface area contributed by atoms with Crippen LogP contribution in [-0.4, -0.2) is 20.6 Å². The number of aromatic nitrogens is 2. The van der Waals surface area contributed by atoms with Crippen LogP contribution in [0.5, 0.6) is 11.5 Å². The van der Waals surface area contributed by atoms with Crippen molar-refractivity contribution in [3.8, 4) is 11.5 Å². The van der Waals surface area contributed by atoms with Gasteiger partial charge >= 0.3 is 0 Å². The number of non-ortho nitro benzene ring substituents is 1. The molecule has 1 aromatic heterocycles. The number of nitro benzene ring substituents is 1. The standard InChI is InChI=1S/C18H13BrCl2N4O4/c1-9-16(19)17(24(2)23-9)18(26)22-11-6-12(25(27)28)8-13(7-11)29-15-4-3-10(20)5-14(15)21/h3-8H,1-2H3,(H,22,26). The third kappa shape index (κ3) is 4.69. The number of carbonyl (C=O) groups is 1. The van der Waals surface area contributed by atoms with E-state index in [2.05, 4.69) is 26.3 Å². The molecule has 0 spiro atoms. The van der Waals surface area contributed by atoms with Crippen LogP contribution in [0.2, 0.25) is 10.0 Å². The number of aryl methyl sites for hydroxylation is 2. The fourth-order valence-corrected chi connectivity index (χ4v) is 3.54. The molecule has 29 heavy (non-hydrogen) atoms. The number of hydrogen-bond donors (Lipinski definition) is 1. The Balaban J connectivity index is 1.94. The van der Waals surface area contributed by atoms with Crippen LogP contribution in [-0.2, 0) is 7.05 Å². The van der Waals surface area contributed by atoms with Gasteiger partial charge in [0, 0.05) is 24.2 Å². The molecule has 0 saturated heterocycles. The molecule has 0 unspecified atom stereocenters. The zero-order valence-corrected chi connectivity index (χ0v) is 18.2. The molecule has 0 fully saturated rings. The van der Waals surface area contributed by atoms with E-state index in [4.69, 9.17) is 27.9 Å². The van der Waals surface area contributed by atoms with Gasteiger partial charge in [-0.2, -0.15) is 5.10 Å². The summed E-state index contributed by atoms with van der Waals surface area (Å²) in [4.78, 5) is 23.4. The summed E-state index contributed by atoms with van der Waals surface area (Å²) >= 11 is 15.3.